The molecule has 0 unspecified atom stereocenters. The van der Waals surface area contributed by atoms with Crippen molar-refractivity contribution in [3.05, 3.63) is 59.2 Å². The van der Waals surface area contributed by atoms with E-state index in [4.69, 9.17) is 0 Å². The number of nitrogens with zero attached hydrogens (tertiary/aromatic N) is 2. The van der Waals surface area contributed by atoms with Gasteiger partial charge < -0.3 is 9.80 Å². The minimum absolute atomic E-state index is 0.159. The number of rotatable bonds is 3. The fraction of sp³-hybridized carbons (Fsp3) is 0.350. The third-order valence-corrected chi connectivity index (χ3v) is 6.70. The highest BCUT2D eigenvalue weighted by atomic mass is 32.2. The first kappa shape index (κ1) is 21.2. The van der Waals surface area contributed by atoms with Crippen LogP contribution >= 0.6 is 0 Å². The van der Waals surface area contributed by atoms with E-state index in [1.165, 1.54) is 11.1 Å². The number of halogens is 3. The summed E-state index contributed by atoms with van der Waals surface area (Å²) in [5.74, 6) is -0.332. The number of amides is 1. The van der Waals surface area contributed by atoms with Crippen molar-refractivity contribution in [2.45, 2.75) is 24.3 Å². The fourth-order valence-corrected chi connectivity index (χ4v) is 4.08. The maximum atomic E-state index is 12.7. The molecular formula is C20H21F3N2O3S. The van der Waals surface area contributed by atoms with Crippen molar-refractivity contribution in [2.24, 2.45) is 0 Å². The number of carbonyl (C=O) groups is 1. The Kier molecular flexibility index (Phi) is 5.62. The lowest BCUT2D eigenvalue weighted by Gasteiger charge is -2.37. The molecule has 2 aromatic rings. The van der Waals surface area contributed by atoms with E-state index >= 15 is 0 Å². The normalized spacial score (nSPS) is 15.5. The predicted octanol–water partition coefficient (Wildman–Crippen LogP) is 3.56. The highest BCUT2D eigenvalue weighted by Gasteiger charge is 2.46. The molecule has 0 aromatic heterocycles. The molecule has 0 aliphatic carbocycles. The Morgan fingerprint density at radius 1 is 0.931 bits per heavy atom. The van der Waals surface area contributed by atoms with Gasteiger partial charge in [0, 0.05) is 37.4 Å². The molecule has 0 radical (unpaired) electrons. The van der Waals surface area contributed by atoms with Crippen molar-refractivity contribution in [1.82, 2.24) is 4.90 Å². The minimum atomic E-state index is -5.42. The first-order valence-electron chi connectivity index (χ1n) is 9.04. The quantitative estimate of drug-likeness (QED) is 0.753. The number of piperazine rings is 1. The van der Waals surface area contributed by atoms with Gasteiger partial charge in [0.2, 0.25) is 0 Å². The number of hydrogen-bond acceptors (Lipinski definition) is 4. The lowest BCUT2D eigenvalue weighted by atomic mass is 10.1. The second-order valence-electron chi connectivity index (χ2n) is 6.97. The molecule has 29 heavy (non-hydrogen) atoms. The molecule has 1 aliphatic heterocycles. The van der Waals surface area contributed by atoms with Crippen LogP contribution in [0.4, 0.5) is 18.9 Å². The molecule has 3 rings (SSSR count). The Morgan fingerprint density at radius 2 is 1.52 bits per heavy atom. The highest BCUT2D eigenvalue weighted by molar-refractivity contribution is 7.92. The Morgan fingerprint density at radius 3 is 2.07 bits per heavy atom. The molecular weight excluding hydrogens is 405 g/mol. The molecule has 0 bridgehead atoms. The molecule has 0 N–H and O–H groups in total. The predicted molar refractivity (Wildman–Crippen MR) is 104 cm³/mol. The molecule has 1 amide bonds. The van der Waals surface area contributed by atoms with Crippen molar-refractivity contribution < 1.29 is 26.4 Å². The molecule has 0 spiro atoms. The summed E-state index contributed by atoms with van der Waals surface area (Å²) < 4.78 is 60.8. The van der Waals surface area contributed by atoms with Gasteiger partial charge in [0.1, 0.15) is 0 Å². The van der Waals surface area contributed by atoms with E-state index in [1.54, 1.807) is 4.90 Å². The number of hydrogen-bond donors (Lipinski definition) is 0. The average Bonchev–Trinajstić information content (AvgIpc) is 2.69. The third-order valence-electron chi connectivity index (χ3n) is 5.20. The first-order valence-corrected chi connectivity index (χ1v) is 10.5. The molecule has 1 fully saturated rings. The Balaban J connectivity index is 1.69. The first-order chi connectivity index (χ1) is 13.5. The van der Waals surface area contributed by atoms with Crippen LogP contribution < -0.4 is 4.90 Å². The van der Waals surface area contributed by atoms with Crippen molar-refractivity contribution in [2.75, 3.05) is 31.1 Å². The number of anilines is 1. The van der Waals surface area contributed by atoms with Crippen LogP contribution in [0.5, 0.6) is 0 Å². The van der Waals surface area contributed by atoms with Gasteiger partial charge in [0.15, 0.2) is 0 Å². The van der Waals surface area contributed by atoms with Crippen LogP contribution in [0.1, 0.15) is 21.5 Å². The number of aryl methyl sites for hydroxylation is 1. The standard InChI is InChI=1S/C20H21F3N2O3S/c1-14-4-3-5-18(15(14)2)24-10-12-25(13-11-24)19(26)16-6-8-17(9-7-16)29(27,28)20(21,22)23/h3-9H,10-13H2,1-2H3. The van der Waals surface area contributed by atoms with Crippen molar-refractivity contribution in [1.29, 1.82) is 0 Å². The monoisotopic (exact) mass is 426 g/mol. The summed E-state index contributed by atoms with van der Waals surface area (Å²) in [4.78, 5) is 15.6. The molecule has 0 atom stereocenters. The topological polar surface area (TPSA) is 57.7 Å². The zero-order valence-electron chi connectivity index (χ0n) is 16.0. The minimum Gasteiger partial charge on any atom is -0.368 e. The van der Waals surface area contributed by atoms with Gasteiger partial charge in [-0.05, 0) is 55.3 Å². The van der Waals surface area contributed by atoms with Crippen molar-refractivity contribution in [3.8, 4) is 0 Å². The van der Waals surface area contributed by atoms with Crippen LogP contribution in [0.25, 0.3) is 0 Å². The number of alkyl halides is 3. The SMILES string of the molecule is Cc1cccc(N2CCN(C(=O)c3ccc(S(=O)(=O)C(F)(F)F)cc3)CC2)c1C. The van der Waals surface area contributed by atoms with E-state index in [1.807, 2.05) is 25.1 Å². The summed E-state index contributed by atoms with van der Waals surface area (Å²) in [6.45, 7) is 6.30. The van der Waals surface area contributed by atoms with Gasteiger partial charge in [-0.15, -0.1) is 0 Å². The van der Waals surface area contributed by atoms with E-state index in [0.717, 1.165) is 30.0 Å². The molecule has 2 aromatic carbocycles. The van der Waals surface area contributed by atoms with Gasteiger partial charge >= 0.3 is 5.51 Å². The second-order valence-corrected chi connectivity index (χ2v) is 8.91. The van der Waals surface area contributed by atoms with E-state index in [0.29, 0.717) is 26.2 Å². The number of benzene rings is 2. The van der Waals surface area contributed by atoms with Crippen molar-refractivity contribution >= 4 is 21.4 Å². The van der Waals surface area contributed by atoms with Crippen LogP contribution in [0.2, 0.25) is 0 Å². The van der Waals surface area contributed by atoms with Crippen molar-refractivity contribution in [3.63, 3.8) is 0 Å². The summed E-state index contributed by atoms with van der Waals surface area (Å²) >= 11 is 0. The van der Waals surface area contributed by atoms with Crippen LogP contribution in [-0.4, -0.2) is 50.9 Å². The summed E-state index contributed by atoms with van der Waals surface area (Å²) in [6, 6.07) is 9.97. The van der Waals surface area contributed by atoms with Gasteiger partial charge in [0.05, 0.1) is 4.90 Å². The van der Waals surface area contributed by atoms with Gasteiger partial charge in [-0.1, -0.05) is 12.1 Å². The lowest BCUT2D eigenvalue weighted by Crippen LogP contribution is -2.49. The maximum Gasteiger partial charge on any atom is 0.501 e. The molecule has 5 nitrogen and oxygen atoms in total. The fourth-order valence-electron chi connectivity index (χ4n) is 3.32. The van der Waals surface area contributed by atoms with Gasteiger partial charge in [-0.2, -0.15) is 13.2 Å². The average molecular weight is 426 g/mol. The van der Waals surface area contributed by atoms with E-state index in [-0.39, 0.29) is 11.5 Å². The molecule has 1 heterocycles. The molecule has 9 heteroatoms. The lowest BCUT2D eigenvalue weighted by molar-refractivity contribution is -0.0436. The Bertz CT molecular complexity index is 1010. The Labute approximate surface area is 167 Å². The van der Waals surface area contributed by atoms with E-state index in [9.17, 15) is 26.4 Å². The summed E-state index contributed by atoms with van der Waals surface area (Å²) in [5, 5.41) is 0. The van der Waals surface area contributed by atoms with Crippen LogP contribution in [0.3, 0.4) is 0 Å². The summed E-state index contributed by atoms with van der Waals surface area (Å²) in [5.41, 5.74) is -1.71. The largest absolute Gasteiger partial charge is 0.501 e. The maximum absolute atomic E-state index is 12.7. The zero-order valence-corrected chi connectivity index (χ0v) is 16.8. The van der Waals surface area contributed by atoms with Crippen LogP contribution in [-0.2, 0) is 9.84 Å². The van der Waals surface area contributed by atoms with Gasteiger partial charge in [-0.25, -0.2) is 8.42 Å². The molecule has 156 valence electrons. The summed E-state index contributed by atoms with van der Waals surface area (Å²) in [7, 11) is -5.42. The Hall–Kier alpha value is -2.55. The van der Waals surface area contributed by atoms with Gasteiger partial charge in [-0.3, -0.25) is 4.79 Å². The summed E-state index contributed by atoms with van der Waals surface area (Å²) in [6.07, 6.45) is 0. The smallest absolute Gasteiger partial charge is 0.368 e. The number of sulfone groups is 1. The zero-order chi connectivity index (χ0) is 21.4. The second kappa shape index (κ2) is 7.70. The van der Waals surface area contributed by atoms with E-state index < -0.39 is 20.2 Å². The molecule has 1 saturated heterocycles. The van der Waals surface area contributed by atoms with Crippen LogP contribution in [0, 0.1) is 13.8 Å². The molecule has 0 saturated carbocycles. The highest BCUT2D eigenvalue weighted by Crippen LogP contribution is 2.30. The third kappa shape index (κ3) is 4.10. The molecule has 1 aliphatic rings. The number of carbonyl (C=O) groups excluding carboxylic acids is 1. The van der Waals surface area contributed by atoms with Crippen LogP contribution in [0.15, 0.2) is 47.4 Å². The van der Waals surface area contributed by atoms with Gasteiger partial charge in [0.25, 0.3) is 15.7 Å². The van der Waals surface area contributed by atoms with E-state index in [2.05, 4.69) is 11.8 Å².